The summed E-state index contributed by atoms with van der Waals surface area (Å²) in [6, 6.07) is 17.5. The van der Waals surface area contributed by atoms with E-state index in [0.717, 1.165) is 0 Å². The lowest BCUT2D eigenvalue weighted by atomic mass is 9.86. The van der Waals surface area contributed by atoms with E-state index in [1.54, 1.807) is 24.3 Å². The van der Waals surface area contributed by atoms with Crippen molar-refractivity contribution in [2.75, 3.05) is 5.32 Å². The van der Waals surface area contributed by atoms with Gasteiger partial charge in [-0.15, -0.1) is 0 Å². The predicted octanol–water partition coefficient (Wildman–Crippen LogP) is 3.47. The topological polar surface area (TPSA) is 58.2 Å². The van der Waals surface area contributed by atoms with Crippen LogP contribution in [0.5, 0.6) is 0 Å². The number of amides is 2. The van der Waals surface area contributed by atoms with Gasteiger partial charge in [0.1, 0.15) is 6.04 Å². The SMILES string of the molecule is CC(C)(C)[C@H](NC(=O)c1ccccc1)C(=O)Nc1ccccc1. The summed E-state index contributed by atoms with van der Waals surface area (Å²) >= 11 is 0. The van der Waals surface area contributed by atoms with E-state index in [9.17, 15) is 9.59 Å². The van der Waals surface area contributed by atoms with E-state index < -0.39 is 11.5 Å². The first-order chi connectivity index (χ1) is 10.9. The Balaban J connectivity index is 2.14. The number of hydrogen-bond acceptors (Lipinski definition) is 2. The molecule has 1 atom stereocenters. The molecule has 0 saturated heterocycles. The maximum Gasteiger partial charge on any atom is 0.251 e. The van der Waals surface area contributed by atoms with Gasteiger partial charge < -0.3 is 10.6 Å². The van der Waals surface area contributed by atoms with Crippen molar-refractivity contribution < 1.29 is 9.59 Å². The van der Waals surface area contributed by atoms with Crippen molar-refractivity contribution >= 4 is 17.5 Å². The maximum atomic E-state index is 12.6. The van der Waals surface area contributed by atoms with Gasteiger partial charge >= 0.3 is 0 Å². The van der Waals surface area contributed by atoms with Crippen LogP contribution in [0.25, 0.3) is 0 Å². The summed E-state index contributed by atoms with van der Waals surface area (Å²) in [4.78, 5) is 25.0. The van der Waals surface area contributed by atoms with Crippen LogP contribution < -0.4 is 10.6 Å². The molecule has 0 aliphatic heterocycles. The lowest BCUT2D eigenvalue weighted by molar-refractivity contribution is -0.120. The fourth-order valence-electron chi connectivity index (χ4n) is 2.22. The van der Waals surface area contributed by atoms with Gasteiger partial charge in [0.05, 0.1) is 0 Å². The van der Waals surface area contributed by atoms with E-state index in [1.165, 1.54) is 0 Å². The number of carbonyl (C=O) groups excluding carboxylic acids is 2. The molecule has 0 aromatic heterocycles. The lowest BCUT2D eigenvalue weighted by Crippen LogP contribution is -2.51. The van der Waals surface area contributed by atoms with Crippen molar-refractivity contribution in [3.8, 4) is 0 Å². The average molecular weight is 310 g/mol. The molecule has 0 fully saturated rings. The van der Waals surface area contributed by atoms with Crippen LogP contribution in [0, 0.1) is 5.41 Å². The summed E-state index contributed by atoms with van der Waals surface area (Å²) in [5, 5.41) is 5.69. The van der Waals surface area contributed by atoms with E-state index in [-0.39, 0.29) is 11.8 Å². The van der Waals surface area contributed by atoms with E-state index in [1.807, 2.05) is 57.2 Å². The molecule has 23 heavy (non-hydrogen) atoms. The largest absolute Gasteiger partial charge is 0.340 e. The van der Waals surface area contributed by atoms with Crippen LogP contribution in [0.3, 0.4) is 0 Å². The van der Waals surface area contributed by atoms with Crippen molar-refractivity contribution in [3.63, 3.8) is 0 Å². The standard InChI is InChI=1S/C19H22N2O2/c1-19(2,3)16(18(23)20-15-12-8-5-9-13-15)21-17(22)14-10-6-4-7-11-14/h4-13,16H,1-3H3,(H,20,23)(H,21,22)/t16-/m1/s1. The molecule has 0 radical (unpaired) electrons. The highest BCUT2D eigenvalue weighted by Gasteiger charge is 2.33. The fourth-order valence-corrected chi connectivity index (χ4v) is 2.22. The molecule has 2 amide bonds. The zero-order valence-electron chi connectivity index (χ0n) is 13.7. The molecule has 2 aromatic rings. The van der Waals surface area contributed by atoms with Crippen LogP contribution in [0.2, 0.25) is 0 Å². The number of para-hydroxylation sites is 1. The summed E-state index contributed by atoms with van der Waals surface area (Å²) in [5.74, 6) is -0.485. The zero-order chi connectivity index (χ0) is 16.9. The van der Waals surface area contributed by atoms with Crippen LogP contribution in [-0.4, -0.2) is 17.9 Å². The second kappa shape index (κ2) is 7.09. The third kappa shape index (κ3) is 4.68. The first-order valence-corrected chi connectivity index (χ1v) is 7.60. The summed E-state index contributed by atoms with van der Waals surface area (Å²) in [6.45, 7) is 5.77. The first kappa shape index (κ1) is 16.7. The second-order valence-electron chi connectivity index (χ2n) is 6.49. The Labute approximate surface area is 136 Å². The summed E-state index contributed by atoms with van der Waals surface area (Å²) in [5.41, 5.74) is 0.832. The number of hydrogen-bond donors (Lipinski definition) is 2. The minimum absolute atomic E-state index is 0.229. The van der Waals surface area contributed by atoms with Gasteiger partial charge in [0.25, 0.3) is 5.91 Å². The highest BCUT2D eigenvalue weighted by Crippen LogP contribution is 2.21. The molecule has 0 bridgehead atoms. The van der Waals surface area contributed by atoms with Crippen LogP contribution in [0.1, 0.15) is 31.1 Å². The molecular weight excluding hydrogens is 288 g/mol. The molecule has 0 saturated carbocycles. The Hall–Kier alpha value is -2.62. The van der Waals surface area contributed by atoms with Gasteiger partial charge in [0.15, 0.2) is 0 Å². The van der Waals surface area contributed by atoms with E-state index in [2.05, 4.69) is 10.6 Å². The predicted molar refractivity (Wildman–Crippen MR) is 92.2 cm³/mol. The molecule has 2 aromatic carbocycles. The number of anilines is 1. The Morgan fingerprint density at radius 1 is 0.870 bits per heavy atom. The number of benzene rings is 2. The van der Waals surface area contributed by atoms with Gasteiger partial charge in [-0.25, -0.2) is 0 Å². The summed E-state index contributed by atoms with van der Waals surface area (Å²) < 4.78 is 0. The molecule has 2 N–H and O–H groups in total. The van der Waals surface area contributed by atoms with Gasteiger partial charge in [-0.1, -0.05) is 57.2 Å². The molecule has 0 aliphatic rings. The Morgan fingerprint density at radius 2 is 1.39 bits per heavy atom. The smallest absolute Gasteiger partial charge is 0.251 e. The third-order valence-electron chi connectivity index (χ3n) is 3.48. The van der Waals surface area contributed by atoms with Gasteiger partial charge in [0.2, 0.25) is 5.91 Å². The maximum absolute atomic E-state index is 12.6. The van der Waals surface area contributed by atoms with Crippen LogP contribution in [-0.2, 0) is 4.79 Å². The molecule has 0 spiro atoms. The minimum Gasteiger partial charge on any atom is -0.340 e. The molecule has 2 rings (SSSR count). The van der Waals surface area contributed by atoms with Crippen molar-refractivity contribution in [1.29, 1.82) is 0 Å². The minimum atomic E-state index is -0.643. The lowest BCUT2D eigenvalue weighted by Gasteiger charge is -2.30. The number of rotatable bonds is 4. The van der Waals surface area contributed by atoms with Crippen molar-refractivity contribution in [1.82, 2.24) is 5.32 Å². The van der Waals surface area contributed by atoms with Crippen LogP contribution in [0.15, 0.2) is 60.7 Å². The second-order valence-corrected chi connectivity index (χ2v) is 6.49. The summed E-state index contributed by atoms with van der Waals surface area (Å²) in [6.07, 6.45) is 0. The van der Waals surface area contributed by atoms with E-state index in [4.69, 9.17) is 0 Å². The quantitative estimate of drug-likeness (QED) is 0.908. The molecule has 0 unspecified atom stereocenters. The molecule has 120 valence electrons. The van der Waals surface area contributed by atoms with E-state index >= 15 is 0 Å². The molecular formula is C19H22N2O2. The monoisotopic (exact) mass is 310 g/mol. The van der Waals surface area contributed by atoms with Crippen LogP contribution >= 0.6 is 0 Å². The van der Waals surface area contributed by atoms with Crippen molar-refractivity contribution in [2.45, 2.75) is 26.8 Å². The number of nitrogens with one attached hydrogen (secondary N) is 2. The Kier molecular flexibility index (Phi) is 5.16. The molecule has 4 heteroatoms. The van der Waals surface area contributed by atoms with Crippen molar-refractivity contribution in [2.24, 2.45) is 5.41 Å². The number of carbonyl (C=O) groups is 2. The summed E-state index contributed by atoms with van der Waals surface area (Å²) in [7, 11) is 0. The molecule has 0 heterocycles. The highest BCUT2D eigenvalue weighted by molar-refractivity contribution is 6.01. The zero-order valence-corrected chi connectivity index (χ0v) is 13.7. The fraction of sp³-hybridized carbons (Fsp3) is 0.263. The first-order valence-electron chi connectivity index (χ1n) is 7.60. The van der Waals surface area contributed by atoms with Gasteiger partial charge in [-0.3, -0.25) is 9.59 Å². The van der Waals surface area contributed by atoms with Gasteiger partial charge in [-0.05, 0) is 29.7 Å². The van der Waals surface area contributed by atoms with Crippen molar-refractivity contribution in [3.05, 3.63) is 66.2 Å². The van der Waals surface area contributed by atoms with Gasteiger partial charge in [-0.2, -0.15) is 0 Å². The molecule has 4 nitrogen and oxygen atoms in total. The van der Waals surface area contributed by atoms with E-state index in [0.29, 0.717) is 11.3 Å². The normalized spacial score (nSPS) is 12.3. The molecule has 0 aliphatic carbocycles. The Bertz CT molecular complexity index is 661. The van der Waals surface area contributed by atoms with Gasteiger partial charge in [0, 0.05) is 11.3 Å². The highest BCUT2D eigenvalue weighted by atomic mass is 16.2. The van der Waals surface area contributed by atoms with Crippen LogP contribution in [0.4, 0.5) is 5.69 Å². The average Bonchev–Trinajstić information content (AvgIpc) is 2.53. The third-order valence-corrected chi connectivity index (χ3v) is 3.48. The Morgan fingerprint density at radius 3 is 1.91 bits per heavy atom.